The van der Waals surface area contributed by atoms with E-state index >= 15 is 0 Å². The number of nitrogens with zero attached hydrogens (tertiary/aromatic N) is 4. The first-order valence-corrected chi connectivity index (χ1v) is 8.72. The Balaban J connectivity index is 0.00000210. The number of nitrogens with one attached hydrogen (secondary N) is 1. The van der Waals surface area contributed by atoms with E-state index < -0.39 is 0 Å². The van der Waals surface area contributed by atoms with Crippen molar-refractivity contribution in [1.29, 1.82) is 5.26 Å². The average Bonchev–Trinajstić information content (AvgIpc) is 2.92. The van der Waals surface area contributed by atoms with Crippen LogP contribution in [0.1, 0.15) is 23.2 Å². The van der Waals surface area contributed by atoms with Gasteiger partial charge in [0.1, 0.15) is 17.5 Å². The Labute approximate surface area is 164 Å². The predicted molar refractivity (Wildman–Crippen MR) is 108 cm³/mol. The number of aromatic nitrogens is 3. The number of hydrogen-bond donors (Lipinski definition) is 2. The Morgan fingerprint density at radius 2 is 2.00 bits per heavy atom. The van der Waals surface area contributed by atoms with Gasteiger partial charge in [0.25, 0.3) is 0 Å². The molecule has 0 spiro atoms. The molecule has 0 atom stereocenters. The van der Waals surface area contributed by atoms with E-state index in [-0.39, 0.29) is 18.2 Å². The number of anilines is 1. The van der Waals surface area contributed by atoms with Crippen molar-refractivity contribution < 1.29 is 0 Å². The van der Waals surface area contributed by atoms with Gasteiger partial charge in [0.15, 0.2) is 0 Å². The summed E-state index contributed by atoms with van der Waals surface area (Å²) in [5, 5.41) is 17.7. The quantitative estimate of drug-likeness (QED) is 0.711. The van der Waals surface area contributed by atoms with Crippen LogP contribution in [0.4, 0.5) is 5.82 Å². The molecule has 0 amide bonds. The first-order chi connectivity index (χ1) is 12.7. The molecule has 2 aromatic heterocycles. The van der Waals surface area contributed by atoms with Crippen molar-refractivity contribution in [2.75, 3.05) is 12.3 Å². The fourth-order valence-electron chi connectivity index (χ4n) is 3.38. The molecule has 0 unspecified atom stereocenters. The third kappa shape index (κ3) is 3.52. The number of nitrogen functional groups attached to an aromatic ring is 1. The largest absolute Gasteiger partial charge is 0.383 e. The van der Waals surface area contributed by atoms with Gasteiger partial charge in [-0.2, -0.15) is 10.4 Å². The van der Waals surface area contributed by atoms with Crippen molar-refractivity contribution in [3.63, 3.8) is 0 Å². The van der Waals surface area contributed by atoms with Crippen LogP contribution in [0.2, 0.25) is 0 Å². The first kappa shape index (κ1) is 18.9. The summed E-state index contributed by atoms with van der Waals surface area (Å²) >= 11 is 0. The third-order valence-corrected chi connectivity index (χ3v) is 4.75. The maximum atomic E-state index is 9.61. The van der Waals surface area contributed by atoms with Crippen LogP contribution in [0, 0.1) is 18.3 Å². The highest BCUT2D eigenvalue weighted by Gasteiger charge is 2.18. The van der Waals surface area contributed by atoms with Gasteiger partial charge >= 0.3 is 0 Å². The summed E-state index contributed by atoms with van der Waals surface area (Å²) in [6.45, 7) is 4.67. The van der Waals surface area contributed by atoms with Crippen molar-refractivity contribution >= 4 is 18.2 Å². The maximum absolute atomic E-state index is 9.61. The highest BCUT2D eigenvalue weighted by Crippen LogP contribution is 2.32. The molecular formula is C20H21ClN6. The molecule has 3 heterocycles. The molecule has 3 N–H and O–H groups in total. The smallest absolute Gasteiger partial charge is 0.142 e. The SMILES string of the molecule is Cc1ccccc1-c1cc(-c2cc3n(n2)CCCNC3)c(C#N)c(N)n1.Cl. The Bertz CT molecular complexity index is 994. The minimum Gasteiger partial charge on any atom is -0.383 e. The van der Waals surface area contributed by atoms with Gasteiger partial charge in [-0.25, -0.2) is 4.98 Å². The highest BCUT2D eigenvalue weighted by atomic mass is 35.5. The van der Waals surface area contributed by atoms with E-state index in [1.54, 1.807) is 0 Å². The molecule has 1 aliphatic heterocycles. The molecule has 1 aliphatic rings. The molecule has 138 valence electrons. The van der Waals surface area contributed by atoms with E-state index in [1.165, 1.54) is 0 Å². The number of benzene rings is 1. The lowest BCUT2D eigenvalue weighted by atomic mass is 10.00. The Morgan fingerprint density at radius 1 is 1.19 bits per heavy atom. The maximum Gasteiger partial charge on any atom is 0.142 e. The fourth-order valence-corrected chi connectivity index (χ4v) is 3.38. The van der Waals surface area contributed by atoms with Gasteiger partial charge in [0.05, 0.1) is 17.1 Å². The number of aryl methyl sites for hydroxylation is 2. The highest BCUT2D eigenvalue weighted by molar-refractivity contribution is 5.85. The molecule has 27 heavy (non-hydrogen) atoms. The van der Waals surface area contributed by atoms with Crippen LogP contribution in [0.15, 0.2) is 36.4 Å². The second-order valence-corrected chi connectivity index (χ2v) is 6.52. The summed E-state index contributed by atoms with van der Waals surface area (Å²) < 4.78 is 2.01. The Hall–Kier alpha value is -2.88. The minimum atomic E-state index is 0. The second kappa shape index (κ2) is 7.78. The predicted octanol–water partition coefficient (Wildman–Crippen LogP) is 3.29. The number of halogens is 1. The van der Waals surface area contributed by atoms with Gasteiger partial charge in [-0.15, -0.1) is 12.4 Å². The number of nitriles is 1. The standard InChI is InChI=1S/C20H20N6.ClH/c1-13-5-2-3-6-15(13)18-10-16(17(11-21)20(22)24-18)19-9-14-12-23-7-4-8-26(14)25-19;/h2-3,5-6,9-10,23H,4,7-8,12H2,1H3,(H2,22,24);1H. The van der Waals surface area contributed by atoms with Gasteiger partial charge in [0.2, 0.25) is 0 Å². The van der Waals surface area contributed by atoms with Crippen LogP contribution in [0.3, 0.4) is 0 Å². The zero-order valence-electron chi connectivity index (χ0n) is 15.1. The molecule has 1 aromatic carbocycles. The van der Waals surface area contributed by atoms with Crippen LogP contribution in [-0.2, 0) is 13.1 Å². The molecule has 0 fully saturated rings. The van der Waals surface area contributed by atoms with Gasteiger partial charge < -0.3 is 11.1 Å². The fraction of sp³-hybridized carbons (Fsp3) is 0.250. The summed E-state index contributed by atoms with van der Waals surface area (Å²) in [6.07, 6.45) is 1.03. The Kier molecular flexibility index (Phi) is 5.45. The summed E-state index contributed by atoms with van der Waals surface area (Å²) in [5.74, 6) is 0.240. The van der Waals surface area contributed by atoms with E-state index in [0.29, 0.717) is 5.56 Å². The molecule has 7 heteroatoms. The zero-order valence-corrected chi connectivity index (χ0v) is 15.9. The second-order valence-electron chi connectivity index (χ2n) is 6.52. The summed E-state index contributed by atoms with van der Waals surface area (Å²) in [7, 11) is 0. The molecule has 0 aliphatic carbocycles. The van der Waals surface area contributed by atoms with Crippen LogP contribution < -0.4 is 11.1 Å². The monoisotopic (exact) mass is 380 g/mol. The number of pyridine rings is 1. The normalized spacial score (nSPS) is 13.2. The van der Waals surface area contributed by atoms with Crippen molar-refractivity contribution in [2.24, 2.45) is 0 Å². The van der Waals surface area contributed by atoms with Gasteiger partial charge in [-0.1, -0.05) is 24.3 Å². The van der Waals surface area contributed by atoms with Crippen molar-refractivity contribution in [3.8, 4) is 28.6 Å². The molecule has 0 radical (unpaired) electrons. The van der Waals surface area contributed by atoms with Gasteiger partial charge in [0, 0.05) is 24.2 Å². The van der Waals surface area contributed by atoms with E-state index in [4.69, 9.17) is 10.8 Å². The summed E-state index contributed by atoms with van der Waals surface area (Å²) in [5.41, 5.74) is 12.0. The summed E-state index contributed by atoms with van der Waals surface area (Å²) in [4.78, 5) is 4.47. The molecule has 0 bridgehead atoms. The Morgan fingerprint density at radius 3 is 2.78 bits per heavy atom. The lowest BCUT2D eigenvalue weighted by Gasteiger charge is -2.10. The van der Waals surface area contributed by atoms with E-state index in [2.05, 4.69) is 16.4 Å². The molecule has 3 aromatic rings. The first-order valence-electron chi connectivity index (χ1n) is 8.72. The van der Waals surface area contributed by atoms with E-state index in [0.717, 1.165) is 59.8 Å². The average molecular weight is 381 g/mol. The molecule has 0 saturated carbocycles. The molecule has 6 nitrogen and oxygen atoms in total. The number of fused-ring (bicyclic) bond motifs is 1. The van der Waals surface area contributed by atoms with Crippen molar-refractivity contribution in [1.82, 2.24) is 20.1 Å². The zero-order chi connectivity index (χ0) is 18.1. The molecule has 4 rings (SSSR count). The van der Waals surface area contributed by atoms with Crippen molar-refractivity contribution in [2.45, 2.75) is 26.4 Å². The van der Waals surface area contributed by atoms with Gasteiger partial charge in [-0.3, -0.25) is 4.68 Å². The van der Waals surface area contributed by atoms with Crippen LogP contribution in [0.5, 0.6) is 0 Å². The minimum absolute atomic E-state index is 0. The van der Waals surface area contributed by atoms with Crippen molar-refractivity contribution in [3.05, 3.63) is 53.2 Å². The number of nitrogens with two attached hydrogens (primary N) is 1. The number of rotatable bonds is 2. The third-order valence-electron chi connectivity index (χ3n) is 4.75. The van der Waals surface area contributed by atoms with Gasteiger partial charge in [-0.05, 0) is 37.6 Å². The van der Waals surface area contributed by atoms with Crippen LogP contribution in [0.25, 0.3) is 22.5 Å². The van der Waals surface area contributed by atoms with Crippen LogP contribution in [-0.4, -0.2) is 21.3 Å². The van der Waals surface area contributed by atoms with Crippen LogP contribution >= 0.6 is 12.4 Å². The summed E-state index contributed by atoms with van der Waals surface area (Å²) in [6, 6.07) is 14.2. The topological polar surface area (TPSA) is 92.5 Å². The molecular weight excluding hydrogens is 360 g/mol. The lowest BCUT2D eigenvalue weighted by Crippen LogP contribution is -2.11. The lowest BCUT2D eigenvalue weighted by molar-refractivity contribution is 0.589. The van der Waals surface area contributed by atoms with E-state index in [9.17, 15) is 5.26 Å². The van der Waals surface area contributed by atoms with E-state index in [1.807, 2.05) is 48.0 Å². The molecule has 0 saturated heterocycles. The number of hydrogen-bond acceptors (Lipinski definition) is 5.